The summed E-state index contributed by atoms with van der Waals surface area (Å²) in [7, 11) is 0. The largest absolute Gasteiger partial charge is 0.485 e. The molecule has 1 aromatic heterocycles. The minimum Gasteiger partial charge on any atom is -0.485 e. The minimum atomic E-state index is -0.0810. The topological polar surface area (TPSA) is 50.8 Å². The summed E-state index contributed by atoms with van der Waals surface area (Å²) in [5.74, 6) is 1.20. The molecule has 1 fully saturated rings. The number of nitrogens with zero attached hydrogens (tertiary/aromatic N) is 1. The molecule has 3 heterocycles. The first kappa shape index (κ1) is 18.3. The molecule has 6 heteroatoms. The summed E-state index contributed by atoms with van der Waals surface area (Å²) in [6.07, 6.45) is 5.04. The molecule has 2 aliphatic rings. The molecule has 144 valence electrons. The van der Waals surface area contributed by atoms with Crippen molar-refractivity contribution in [2.75, 3.05) is 32.8 Å². The smallest absolute Gasteiger partial charge is 0.265 e. The van der Waals surface area contributed by atoms with Gasteiger partial charge in [-0.25, -0.2) is 0 Å². The number of carbonyl (C=O) groups excluding carboxylic acids is 1. The first-order valence-corrected chi connectivity index (χ1v) is 10.6. The lowest BCUT2D eigenvalue weighted by Crippen LogP contribution is -2.38. The molecule has 5 nitrogen and oxygen atoms in total. The molecule has 1 amide bonds. The fraction of sp³-hybridized carbons (Fsp3) is 0.476. The molecule has 0 aliphatic carbocycles. The predicted molar refractivity (Wildman–Crippen MR) is 107 cm³/mol. The number of benzene rings is 1. The van der Waals surface area contributed by atoms with Crippen molar-refractivity contribution in [3.05, 3.63) is 46.2 Å². The van der Waals surface area contributed by atoms with Crippen LogP contribution in [0.4, 0.5) is 0 Å². The van der Waals surface area contributed by atoms with E-state index in [1.54, 1.807) is 0 Å². The summed E-state index contributed by atoms with van der Waals surface area (Å²) in [6.45, 7) is 3.79. The molecule has 27 heavy (non-hydrogen) atoms. The normalized spacial score (nSPS) is 18.5. The van der Waals surface area contributed by atoms with Crippen molar-refractivity contribution in [3.63, 3.8) is 0 Å². The van der Waals surface area contributed by atoms with Gasteiger partial charge in [-0.05, 0) is 31.5 Å². The number of carbonyl (C=O) groups is 1. The number of rotatable bonds is 5. The van der Waals surface area contributed by atoms with Gasteiger partial charge in [0.1, 0.15) is 18.1 Å². The van der Waals surface area contributed by atoms with Crippen molar-refractivity contribution in [1.82, 2.24) is 10.2 Å². The van der Waals surface area contributed by atoms with Gasteiger partial charge in [0.25, 0.3) is 5.91 Å². The fourth-order valence-electron chi connectivity index (χ4n) is 3.83. The summed E-state index contributed by atoms with van der Waals surface area (Å²) in [5, 5.41) is 5.00. The Morgan fingerprint density at radius 3 is 2.59 bits per heavy atom. The lowest BCUT2D eigenvalue weighted by Gasteiger charge is -2.31. The third-order valence-corrected chi connectivity index (χ3v) is 6.17. The molecule has 2 aliphatic heterocycles. The number of fused-ring (bicyclic) bond motifs is 1. The lowest BCUT2D eigenvalue weighted by atomic mass is 10.0. The Balaban J connectivity index is 1.48. The van der Waals surface area contributed by atoms with Gasteiger partial charge in [0.15, 0.2) is 11.5 Å². The molecule has 0 bridgehead atoms. The van der Waals surface area contributed by atoms with Gasteiger partial charge in [-0.2, -0.15) is 0 Å². The highest BCUT2D eigenvalue weighted by Crippen LogP contribution is 2.39. The second kappa shape index (κ2) is 8.76. The van der Waals surface area contributed by atoms with Crippen molar-refractivity contribution in [3.8, 4) is 11.5 Å². The zero-order valence-corrected chi connectivity index (χ0v) is 16.3. The van der Waals surface area contributed by atoms with Crippen LogP contribution in [0.2, 0.25) is 0 Å². The van der Waals surface area contributed by atoms with E-state index in [-0.39, 0.29) is 11.9 Å². The van der Waals surface area contributed by atoms with Crippen LogP contribution < -0.4 is 14.8 Å². The standard InChI is InChI=1S/C21H26N2O3S/c24-21(20-19-18(15-27-20)25-12-13-26-19)22-14-17(16-8-4-3-5-9-16)23-10-6-1-2-7-11-23/h3-5,8-9,15,17H,1-2,6-7,10-14H2,(H,22,24)/t17-/m0/s1. The van der Waals surface area contributed by atoms with Crippen molar-refractivity contribution < 1.29 is 14.3 Å². The highest BCUT2D eigenvalue weighted by molar-refractivity contribution is 7.12. The summed E-state index contributed by atoms with van der Waals surface area (Å²) >= 11 is 1.38. The first-order chi connectivity index (χ1) is 13.3. The van der Waals surface area contributed by atoms with Crippen molar-refractivity contribution in [2.24, 2.45) is 0 Å². The number of hydrogen-bond acceptors (Lipinski definition) is 5. The molecule has 1 N–H and O–H groups in total. The average Bonchev–Trinajstić information content (AvgIpc) is 2.96. The van der Waals surface area contributed by atoms with Crippen LogP contribution in [0, 0.1) is 0 Å². The van der Waals surface area contributed by atoms with E-state index in [9.17, 15) is 4.79 Å². The SMILES string of the molecule is O=C(NC[C@@H](c1ccccc1)N1CCCCCC1)c1scc2c1OCCO2. The van der Waals surface area contributed by atoms with Crippen LogP contribution in [0.25, 0.3) is 0 Å². The van der Waals surface area contributed by atoms with E-state index in [0.29, 0.717) is 36.1 Å². The quantitative estimate of drug-likeness (QED) is 0.848. The highest BCUT2D eigenvalue weighted by Gasteiger charge is 2.26. The molecule has 1 atom stereocenters. The van der Waals surface area contributed by atoms with Gasteiger partial charge in [-0.15, -0.1) is 11.3 Å². The van der Waals surface area contributed by atoms with Crippen LogP contribution in [-0.2, 0) is 0 Å². The van der Waals surface area contributed by atoms with Crippen LogP contribution in [0.3, 0.4) is 0 Å². The highest BCUT2D eigenvalue weighted by atomic mass is 32.1. The molecule has 2 aromatic rings. The molecule has 0 spiro atoms. The Hall–Kier alpha value is -2.05. The van der Waals surface area contributed by atoms with Gasteiger partial charge in [0.05, 0.1) is 6.04 Å². The Kier molecular flexibility index (Phi) is 5.94. The average molecular weight is 387 g/mol. The lowest BCUT2D eigenvalue weighted by molar-refractivity contribution is 0.0928. The number of hydrogen-bond donors (Lipinski definition) is 1. The molecular weight excluding hydrogens is 360 g/mol. The van der Waals surface area contributed by atoms with E-state index in [1.165, 1.54) is 42.6 Å². The molecular formula is C21H26N2O3S. The van der Waals surface area contributed by atoms with E-state index in [4.69, 9.17) is 9.47 Å². The van der Waals surface area contributed by atoms with Crippen molar-refractivity contribution in [1.29, 1.82) is 0 Å². The molecule has 0 radical (unpaired) electrons. The van der Waals surface area contributed by atoms with Crippen LogP contribution >= 0.6 is 11.3 Å². The fourth-order valence-corrected chi connectivity index (χ4v) is 4.67. The second-order valence-corrected chi connectivity index (χ2v) is 7.92. The van der Waals surface area contributed by atoms with Gasteiger partial charge >= 0.3 is 0 Å². The Morgan fingerprint density at radius 1 is 1.07 bits per heavy atom. The Bertz CT molecular complexity index is 754. The van der Waals surface area contributed by atoms with E-state index in [0.717, 1.165) is 13.1 Å². The molecule has 1 aromatic carbocycles. The monoisotopic (exact) mass is 386 g/mol. The molecule has 1 saturated heterocycles. The van der Waals surface area contributed by atoms with Crippen LogP contribution in [0.15, 0.2) is 35.7 Å². The maximum atomic E-state index is 12.8. The van der Waals surface area contributed by atoms with Crippen LogP contribution in [0.5, 0.6) is 11.5 Å². The van der Waals surface area contributed by atoms with E-state index in [1.807, 2.05) is 11.4 Å². The molecule has 0 unspecified atom stereocenters. The van der Waals surface area contributed by atoms with Crippen LogP contribution in [0.1, 0.15) is 47.0 Å². The maximum Gasteiger partial charge on any atom is 0.265 e. The summed E-state index contributed by atoms with van der Waals surface area (Å²) in [6, 6.07) is 10.7. The number of thiophene rings is 1. The van der Waals surface area contributed by atoms with E-state index < -0.39 is 0 Å². The van der Waals surface area contributed by atoms with Gasteiger partial charge in [0.2, 0.25) is 0 Å². The van der Waals surface area contributed by atoms with Gasteiger partial charge in [-0.1, -0.05) is 43.2 Å². The van der Waals surface area contributed by atoms with Crippen LogP contribution in [-0.4, -0.2) is 43.7 Å². The molecule has 0 saturated carbocycles. The number of ether oxygens (including phenoxy) is 2. The van der Waals surface area contributed by atoms with Gasteiger partial charge in [0, 0.05) is 11.9 Å². The second-order valence-electron chi connectivity index (χ2n) is 7.04. The van der Waals surface area contributed by atoms with Gasteiger partial charge < -0.3 is 14.8 Å². The zero-order valence-electron chi connectivity index (χ0n) is 15.5. The maximum absolute atomic E-state index is 12.8. The van der Waals surface area contributed by atoms with E-state index in [2.05, 4.69) is 34.5 Å². The van der Waals surface area contributed by atoms with E-state index >= 15 is 0 Å². The third-order valence-electron chi connectivity index (χ3n) is 5.23. The summed E-state index contributed by atoms with van der Waals surface area (Å²) < 4.78 is 11.2. The predicted octanol–water partition coefficient (Wildman–Crippen LogP) is 3.87. The Labute approximate surface area is 164 Å². The summed E-state index contributed by atoms with van der Waals surface area (Å²) in [4.78, 5) is 15.9. The summed E-state index contributed by atoms with van der Waals surface area (Å²) in [5.41, 5.74) is 1.26. The number of amides is 1. The molecule has 4 rings (SSSR count). The van der Waals surface area contributed by atoms with Crippen molar-refractivity contribution in [2.45, 2.75) is 31.7 Å². The minimum absolute atomic E-state index is 0.0810. The van der Waals surface area contributed by atoms with Crippen molar-refractivity contribution >= 4 is 17.2 Å². The van der Waals surface area contributed by atoms with Gasteiger partial charge in [-0.3, -0.25) is 9.69 Å². The number of likely N-dealkylation sites (tertiary alicyclic amines) is 1. The Morgan fingerprint density at radius 2 is 1.81 bits per heavy atom. The first-order valence-electron chi connectivity index (χ1n) is 9.77. The zero-order chi connectivity index (χ0) is 18.5. The number of nitrogens with one attached hydrogen (secondary N) is 1. The third kappa shape index (κ3) is 4.28.